The Hall–Kier alpha value is -4.52. The summed E-state index contributed by atoms with van der Waals surface area (Å²) < 4.78 is 42.2. The summed E-state index contributed by atoms with van der Waals surface area (Å²) in [6.45, 7) is 1.77. The molecule has 0 bridgehead atoms. The molecule has 40 heavy (non-hydrogen) atoms. The number of pyridine rings is 1. The summed E-state index contributed by atoms with van der Waals surface area (Å²) in [5.41, 5.74) is 6.37. The molecule has 2 aliphatic rings. The summed E-state index contributed by atoms with van der Waals surface area (Å²) in [7, 11) is 1.40. The first-order valence-electron chi connectivity index (χ1n) is 12.7. The number of ether oxygens (including phenoxy) is 1. The third-order valence-electron chi connectivity index (χ3n) is 7.47. The van der Waals surface area contributed by atoms with Crippen LogP contribution in [-0.4, -0.2) is 64.4 Å². The van der Waals surface area contributed by atoms with E-state index in [4.69, 9.17) is 14.9 Å². The predicted molar refractivity (Wildman–Crippen MR) is 141 cm³/mol. The second-order valence-corrected chi connectivity index (χ2v) is 10.1. The highest BCUT2D eigenvalue weighted by Gasteiger charge is 2.35. The minimum absolute atomic E-state index is 0.00692. The molecule has 208 valence electrons. The molecule has 0 unspecified atom stereocenters. The summed E-state index contributed by atoms with van der Waals surface area (Å²) in [5, 5.41) is 9.80. The topological polar surface area (TPSA) is 144 Å². The van der Waals surface area contributed by atoms with Gasteiger partial charge in [-0.1, -0.05) is 6.07 Å². The molecule has 2 fully saturated rings. The molecule has 2 amide bonds. The maximum atomic E-state index is 14.9. The molecular formula is C27H25F2N5O6. The number of nitrogens with zero attached hydrogens (tertiary/aromatic N) is 4. The van der Waals surface area contributed by atoms with Crippen molar-refractivity contribution in [2.75, 3.05) is 37.4 Å². The van der Waals surface area contributed by atoms with Crippen LogP contribution in [0, 0.1) is 18.6 Å². The van der Waals surface area contributed by atoms with Gasteiger partial charge in [0.25, 0.3) is 11.5 Å². The SMILES string of the molecule is Cc1c(-c2cc(F)c(N)cc2F)ccc2c3oc(N(C)C(=O)[C@@H]4CN(C(=O)O)CCO4)nc3c(=O)n(C3CC3)c12. The molecule has 1 atom stereocenters. The second-order valence-electron chi connectivity index (χ2n) is 10.1. The number of oxazole rings is 1. The van der Waals surface area contributed by atoms with Gasteiger partial charge in [0.05, 0.1) is 24.4 Å². The number of aryl methyl sites for hydroxylation is 1. The van der Waals surface area contributed by atoms with Crippen LogP contribution in [0.4, 0.5) is 25.3 Å². The first kappa shape index (κ1) is 25.7. The molecular weight excluding hydrogens is 528 g/mol. The highest BCUT2D eigenvalue weighted by atomic mass is 19.1. The van der Waals surface area contributed by atoms with E-state index in [1.54, 1.807) is 23.6 Å². The van der Waals surface area contributed by atoms with Crippen molar-refractivity contribution in [1.29, 1.82) is 0 Å². The van der Waals surface area contributed by atoms with Crippen LogP contribution in [0.2, 0.25) is 0 Å². The van der Waals surface area contributed by atoms with Gasteiger partial charge in [0.1, 0.15) is 11.6 Å². The summed E-state index contributed by atoms with van der Waals surface area (Å²) >= 11 is 0. The van der Waals surface area contributed by atoms with Crippen LogP contribution in [0.5, 0.6) is 0 Å². The molecule has 4 aromatic rings. The predicted octanol–water partition coefficient (Wildman–Crippen LogP) is 3.66. The second kappa shape index (κ2) is 9.30. The van der Waals surface area contributed by atoms with E-state index in [-0.39, 0.29) is 54.1 Å². The molecule has 0 radical (unpaired) electrons. The maximum Gasteiger partial charge on any atom is 0.407 e. The van der Waals surface area contributed by atoms with Gasteiger partial charge in [-0.25, -0.2) is 13.6 Å². The van der Waals surface area contributed by atoms with E-state index in [0.717, 1.165) is 34.8 Å². The number of nitrogen functional groups attached to an aromatic ring is 1. The lowest BCUT2D eigenvalue weighted by atomic mass is 9.96. The Balaban J connectivity index is 1.48. The Morgan fingerprint density at radius 2 is 1.93 bits per heavy atom. The highest BCUT2D eigenvalue weighted by molar-refractivity contribution is 6.05. The number of likely N-dealkylation sites (N-methyl/N-ethyl adjacent to an activating group) is 1. The zero-order chi connectivity index (χ0) is 28.5. The molecule has 1 aliphatic heterocycles. The summed E-state index contributed by atoms with van der Waals surface area (Å²) in [5.74, 6) is -2.04. The van der Waals surface area contributed by atoms with Gasteiger partial charge in [0.15, 0.2) is 17.2 Å². The van der Waals surface area contributed by atoms with Gasteiger partial charge < -0.3 is 29.5 Å². The molecule has 2 aromatic carbocycles. The zero-order valence-corrected chi connectivity index (χ0v) is 21.6. The normalized spacial score (nSPS) is 17.5. The quantitative estimate of drug-likeness (QED) is 0.365. The van der Waals surface area contributed by atoms with Crippen LogP contribution in [0.1, 0.15) is 24.4 Å². The number of hydrogen-bond acceptors (Lipinski definition) is 7. The number of amides is 2. The Morgan fingerprint density at radius 1 is 1.18 bits per heavy atom. The van der Waals surface area contributed by atoms with Crippen LogP contribution >= 0.6 is 0 Å². The molecule has 1 saturated carbocycles. The molecule has 3 N–H and O–H groups in total. The van der Waals surface area contributed by atoms with E-state index in [1.807, 2.05) is 0 Å². The standard InChI is InChI=1S/C27H25F2N5O6/c1-12-14(16-9-18(29)19(30)10-17(16)28)5-6-15-22(12)34(13-3-4-13)25(36)21-23(15)40-26(31-21)32(2)24(35)20-11-33(27(37)38)7-8-39-20/h5-6,9-10,13,20H,3-4,7-8,11,30H2,1-2H3,(H,37,38)/t20-/m0/s1. The van der Waals surface area contributed by atoms with E-state index in [1.165, 1.54) is 7.05 Å². The van der Waals surface area contributed by atoms with Crippen molar-refractivity contribution in [2.24, 2.45) is 0 Å². The van der Waals surface area contributed by atoms with E-state index >= 15 is 0 Å². The minimum Gasteiger partial charge on any atom is -0.465 e. The number of hydrogen-bond donors (Lipinski definition) is 2. The summed E-state index contributed by atoms with van der Waals surface area (Å²) in [6, 6.07) is 4.96. The molecule has 0 spiro atoms. The average Bonchev–Trinajstić information content (AvgIpc) is 3.67. The van der Waals surface area contributed by atoms with E-state index in [9.17, 15) is 28.3 Å². The Labute approximate surface area is 225 Å². The third kappa shape index (κ3) is 4.04. The van der Waals surface area contributed by atoms with Crippen molar-refractivity contribution in [2.45, 2.75) is 31.9 Å². The Morgan fingerprint density at radius 3 is 2.62 bits per heavy atom. The van der Waals surface area contributed by atoms with E-state index < -0.39 is 35.3 Å². The first-order chi connectivity index (χ1) is 19.1. The molecule has 6 rings (SSSR count). The van der Waals surface area contributed by atoms with E-state index in [0.29, 0.717) is 22.0 Å². The van der Waals surface area contributed by atoms with Crippen molar-refractivity contribution in [3.8, 4) is 11.1 Å². The molecule has 2 aromatic heterocycles. The fourth-order valence-corrected chi connectivity index (χ4v) is 5.21. The minimum atomic E-state index is -1.16. The molecule has 1 aliphatic carbocycles. The zero-order valence-electron chi connectivity index (χ0n) is 21.6. The van der Waals surface area contributed by atoms with E-state index in [2.05, 4.69) is 4.98 Å². The Bertz CT molecular complexity index is 1780. The van der Waals surface area contributed by atoms with Gasteiger partial charge in [-0.2, -0.15) is 4.98 Å². The van der Waals surface area contributed by atoms with Crippen LogP contribution in [0.3, 0.4) is 0 Å². The summed E-state index contributed by atoms with van der Waals surface area (Å²) in [6.07, 6.45) is -0.701. The number of benzene rings is 2. The fourth-order valence-electron chi connectivity index (χ4n) is 5.21. The van der Waals surface area contributed by atoms with Crippen molar-refractivity contribution in [3.05, 3.63) is 51.8 Å². The lowest BCUT2D eigenvalue weighted by Gasteiger charge is -2.31. The van der Waals surface area contributed by atoms with Crippen molar-refractivity contribution < 1.29 is 32.6 Å². The number of fused-ring (bicyclic) bond motifs is 3. The molecule has 13 heteroatoms. The smallest absolute Gasteiger partial charge is 0.407 e. The maximum absolute atomic E-state index is 14.9. The number of carbonyl (C=O) groups excluding carboxylic acids is 1. The van der Waals surface area contributed by atoms with Crippen LogP contribution in [0.15, 0.2) is 33.5 Å². The number of nitrogens with two attached hydrogens (primary N) is 1. The average molecular weight is 554 g/mol. The third-order valence-corrected chi connectivity index (χ3v) is 7.47. The lowest BCUT2D eigenvalue weighted by molar-refractivity contribution is -0.134. The number of carbonyl (C=O) groups is 2. The van der Waals surface area contributed by atoms with Gasteiger partial charge in [0, 0.05) is 36.7 Å². The van der Waals surface area contributed by atoms with Crippen molar-refractivity contribution in [3.63, 3.8) is 0 Å². The number of morpholine rings is 1. The van der Waals surface area contributed by atoms with Crippen LogP contribution in [-0.2, 0) is 9.53 Å². The van der Waals surface area contributed by atoms with Crippen molar-refractivity contribution >= 4 is 45.7 Å². The molecule has 3 heterocycles. The fraction of sp³-hybridized carbons (Fsp3) is 0.333. The van der Waals surface area contributed by atoms with Gasteiger partial charge in [-0.05, 0) is 43.0 Å². The number of halogens is 2. The monoisotopic (exact) mass is 553 g/mol. The van der Waals surface area contributed by atoms with Crippen LogP contribution in [0.25, 0.3) is 33.1 Å². The number of rotatable bonds is 4. The summed E-state index contributed by atoms with van der Waals surface area (Å²) in [4.78, 5) is 44.7. The van der Waals surface area contributed by atoms with Gasteiger partial charge in [0.2, 0.25) is 0 Å². The molecule has 11 nitrogen and oxygen atoms in total. The number of carboxylic acid groups (broad SMARTS) is 1. The number of anilines is 2. The lowest BCUT2D eigenvalue weighted by Crippen LogP contribution is -2.51. The van der Waals surface area contributed by atoms with Gasteiger partial charge >= 0.3 is 12.1 Å². The van der Waals surface area contributed by atoms with Gasteiger partial charge in [-0.15, -0.1) is 0 Å². The Kier molecular flexibility index (Phi) is 5.98. The van der Waals surface area contributed by atoms with Crippen molar-refractivity contribution in [1.82, 2.24) is 14.5 Å². The largest absolute Gasteiger partial charge is 0.465 e. The number of aromatic nitrogens is 2. The molecule has 1 saturated heterocycles. The van der Waals surface area contributed by atoms with Gasteiger partial charge in [-0.3, -0.25) is 14.5 Å². The highest BCUT2D eigenvalue weighted by Crippen LogP contribution is 2.41. The first-order valence-corrected chi connectivity index (χ1v) is 12.7. The van der Waals surface area contributed by atoms with Crippen LogP contribution < -0.4 is 16.2 Å².